The highest BCUT2D eigenvalue weighted by Gasteiger charge is 2.48. The SMILES string of the molecule is CCCOc1ccc(/C(O)=C2/C(=O)C(=O)N(c3cccc(C(F)(F)F)c3)C2c2ccco2)cc1C. The number of Topliss-reactive ketones (excluding diaryl/α,β-unsaturated/α-hetero) is 1. The summed E-state index contributed by atoms with van der Waals surface area (Å²) in [6.07, 6.45) is -2.53. The molecule has 1 fully saturated rings. The fraction of sp³-hybridized carbons (Fsp3) is 0.231. The molecule has 3 aromatic rings. The summed E-state index contributed by atoms with van der Waals surface area (Å²) in [6, 6.07) is 10.6. The van der Waals surface area contributed by atoms with Crippen LogP contribution in [-0.4, -0.2) is 23.4 Å². The number of ether oxygens (including phenoxy) is 1. The molecule has 1 amide bonds. The first-order chi connectivity index (χ1) is 16.6. The van der Waals surface area contributed by atoms with Crippen molar-refractivity contribution < 1.29 is 37.0 Å². The Morgan fingerprint density at radius 2 is 1.89 bits per heavy atom. The second-order valence-electron chi connectivity index (χ2n) is 8.06. The van der Waals surface area contributed by atoms with Crippen LogP contribution < -0.4 is 9.64 Å². The molecular weight excluding hydrogens is 463 g/mol. The molecule has 2 heterocycles. The Hall–Kier alpha value is -4.01. The van der Waals surface area contributed by atoms with Crippen molar-refractivity contribution in [2.45, 2.75) is 32.5 Å². The van der Waals surface area contributed by atoms with Crippen LogP contribution in [0.4, 0.5) is 18.9 Å². The summed E-state index contributed by atoms with van der Waals surface area (Å²) >= 11 is 0. The molecule has 4 rings (SSSR count). The largest absolute Gasteiger partial charge is 0.507 e. The summed E-state index contributed by atoms with van der Waals surface area (Å²) in [7, 11) is 0. The van der Waals surface area contributed by atoms with Crippen molar-refractivity contribution in [3.63, 3.8) is 0 Å². The Balaban J connectivity index is 1.85. The van der Waals surface area contributed by atoms with Crippen LogP contribution in [0.5, 0.6) is 5.75 Å². The second-order valence-corrected chi connectivity index (χ2v) is 8.06. The zero-order chi connectivity index (χ0) is 25.3. The van der Waals surface area contributed by atoms with Gasteiger partial charge < -0.3 is 14.3 Å². The Kier molecular flexibility index (Phi) is 6.43. The molecule has 1 atom stereocenters. The van der Waals surface area contributed by atoms with Crippen molar-refractivity contribution in [3.05, 3.63) is 88.9 Å². The molecule has 6 nitrogen and oxygen atoms in total. The van der Waals surface area contributed by atoms with E-state index >= 15 is 0 Å². The number of carbonyl (C=O) groups is 2. The van der Waals surface area contributed by atoms with Crippen molar-refractivity contribution in [1.29, 1.82) is 0 Å². The maximum Gasteiger partial charge on any atom is 0.416 e. The summed E-state index contributed by atoms with van der Waals surface area (Å²) < 4.78 is 51.1. The van der Waals surface area contributed by atoms with Crippen LogP contribution in [0.15, 0.2) is 70.9 Å². The predicted molar refractivity (Wildman–Crippen MR) is 122 cm³/mol. The monoisotopic (exact) mass is 485 g/mol. The van der Waals surface area contributed by atoms with E-state index in [-0.39, 0.29) is 22.6 Å². The molecule has 1 unspecified atom stereocenters. The lowest BCUT2D eigenvalue weighted by molar-refractivity contribution is -0.137. The van der Waals surface area contributed by atoms with E-state index in [2.05, 4.69) is 0 Å². The third-order valence-electron chi connectivity index (χ3n) is 5.62. The highest BCUT2D eigenvalue weighted by Crippen LogP contribution is 2.43. The number of amides is 1. The molecule has 0 radical (unpaired) electrons. The maximum absolute atomic E-state index is 13.3. The van der Waals surface area contributed by atoms with Crippen molar-refractivity contribution in [2.75, 3.05) is 11.5 Å². The average Bonchev–Trinajstić information content (AvgIpc) is 3.44. The van der Waals surface area contributed by atoms with E-state index in [1.165, 1.54) is 24.5 Å². The highest BCUT2D eigenvalue weighted by atomic mass is 19.4. The number of ketones is 1. The standard InChI is InChI=1S/C26H22F3NO5/c1-3-11-34-19-10-9-16(13-15(19)2)23(31)21-22(20-8-5-12-35-20)30(25(33)24(21)32)18-7-4-6-17(14-18)26(27,28)29/h4-10,12-14,22,31H,3,11H2,1-2H3/b23-21-. The van der Waals surface area contributed by atoms with E-state index in [4.69, 9.17) is 9.15 Å². The van der Waals surface area contributed by atoms with Gasteiger partial charge in [0.15, 0.2) is 0 Å². The molecular formula is C26H22F3NO5. The molecule has 2 aromatic carbocycles. The normalized spacial score (nSPS) is 17.7. The number of nitrogens with zero attached hydrogens (tertiary/aromatic N) is 1. The minimum absolute atomic E-state index is 0.114. The first-order valence-corrected chi connectivity index (χ1v) is 10.9. The number of alkyl halides is 3. The number of furan rings is 1. The van der Waals surface area contributed by atoms with E-state index in [0.29, 0.717) is 17.9 Å². The van der Waals surface area contributed by atoms with Crippen LogP contribution in [0.3, 0.4) is 0 Å². The van der Waals surface area contributed by atoms with Crippen LogP contribution in [0.1, 0.15) is 41.8 Å². The molecule has 35 heavy (non-hydrogen) atoms. The van der Waals surface area contributed by atoms with Gasteiger partial charge in [0.05, 0.1) is 24.0 Å². The lowest BCUT2D eigenvalue weighted by atomic mass is 9.98. The van der Waals surface area contributed by atoms with Gasteiger partial charge >= 0.3 is 6.18 Å². The summed E-state index contributed by atoms with van der Waals surface area (Å²) in [5, 5.41) is 11.1. The molecule has 1 aliphatic rings. The lowest BCUT2D eigenvalue weighted by Gasteiger charge is -2.24. The summed E-state index contributed by atoms with van der Waals surface area (Å²) in [6.45, 7) is 4.24. The van der Waals surface area contributed by atoms with Crippen molar-refractivity contribution in [3.8, 4) is 5.75 Å². The van der Waals surface area contributed by atoms with Gasteiger partial charge in [-0.2, -0.15) is 13.2 Å². The molecule has 182 valence electrons. The zero-order valence-electron chi connectivity index (χ0n) is 18.9. The van der Waals surface area contributed by atoms with Crippen molar-refractivity contribution in [1.82, 2.24) is 0 Å². The van der Waals surface area contributed by atoms with Gasteiger partial charge in [0.2, 0.25) is 0 Å². The molecule has 1 aliphatic heterocycles. The van der Waals surface area contributed by atoms with Crippen LogP contribution in [0.25, 0.3) is 5.76 Å². The number of benzene rings is 2. The number of halogens is 3. The number of carbonyl (C=O) groups excluding carboxylic acids is 2. The number of aliphatic hydroxyl groups is 1. The van der Waals surface area contributed by atoms with E-state index in [1.54, 1.807) is 25.1 Å². The molecule has 1 saturated heterocycles. The van der Waals surface area contributed by atoms with Crippen molar-refractivity contribution >= 4 is 23.1 Å². The fourth-order valence-corrected chi connectivity index (χ4v) is 3.97. The predicted octanol–water partition coefficient (Wildman–Crippen LogP) is 6.02. The van der Waals surface area contributed by atoms with Crippen LogP contribution in [0, 0.1) is 6.92 Å². The molecule has 9 heteroatoms. The zero-order valence-corrected chi connectivity index (χ0v) is 18.9. The first-order valence-electron chi connectivity index (χ1n) is 10.9. The highest BCUT2D eigenvalue weighted by molar-refractivity contribution is 6.51. The van der Waals surface area contributed by atoms with Crippen LogP contribution >= 0.6 is 0 Å². The molecule has 1 N–H and O–H groups in total. The first kappa shape index (κ1) is 24.1. The van der Waals surface area contributed by atoms with E-state index in [0.717, 1.165) is 29.5 Å². The minimum atomic E-state index is -4.65. The Labute approximate surface area is 199 Å². The smallest absolute Gasteiger partial charge is 0.416 e. The summed E-state index contributed by atoms with van der Waals surface area (Å²) in [4.78, 5) is 27.0. The van der Waals surface area contributed by atoms with E-state index in [1.807, 2.05) is 6.92 Å². The number of rotatable bonds is 6. The Morgan fingerprint density at radius 3 is 2.51 bits per heavy atom. The van der Waals surface area contributed by atoms with E-state index < -0.39 is 35.2 Å². The minimum Gasteiger partial charge on any atom is -0.507 e. The number of aliphatic hydroxyl groups excluding tert-OH is 1. The third-order valence-corrected chi connectivity index (χ3v) is 5.62. The lowest BCUT2D eigenvalue weighted by Crippen LogP contribution is -2.29. The molecule has 1 aromatic heterocycles. The number of hydrogen-bond acceptors (Lipinski definition) is 5. The van der Waals surface area contributed by atoms with Gasteiger partial charge in [-0.15, -0.1) is 0 Å². The fourth-order valence-electron chi connectivity index (χ4n) is 3.97. The Morgan fingerprint density at radius 1 is 1.11 bits per heavy atom. The van der Waals surface area contributed by atoms with Gasteiger partial charge in [-0.25, -0.2) is 0 Å². The third kappa shape index (κ3) is 4.53. The van der Waals surface area contributed by atoms with E-state index in [9.17, 15) is 27.9 Å². The van der Waals surface area contributed by atoms with Gasteiger partial charge in [-0.05, 0) is 67.4 Å². The van der Waals surface area contributed by atoms with Gasteiger partial charge in [0, 0.05) is 11.3 Å². The van der Waals surface area contributed by atoms with Crippen LogP contribution in [0.2, 0.25) is 0 Å². The molecule has 0 spiro atoms. The van der Waals surface area contributed by atoms with Crippen molar-refractivity contribution in [2.24, 2.45) is 0 Å². The quantitative estimate of drug-likeness (QED) is 0.262. The van der Waals surface area contributed by atoms with Gasteiger partial charge in [0.25, 0.3) is 11.7 Å². The molecule has 0 saturated carbocycles. The van der Waals surface area contributed by atoms with Crippen LogP contribution in [-0.2, 0) is 15.8 Å². The maximum atomic E-state index is 13.3. The number of hydrogen-bond donors (Lipinski definition) is 1. The van der Waals surface area contributed by atoms with Gasteiger partial charge in [-0.1, -0.05) is 13.0 Å². The number of aryl methyl sites for hydroxylation is 1. The topological polar surface area (TPSA) is 80.0 Å². The summed E-state index contributed by atoms with van der Waals surface area (Å²) in [5.41, 5.74) is -0.464. The summed E-state index contributed by atoms with van der Waals surface area (Å²) in [5.74, 6) is -1.86. The average molecular weight is 485 g/mol. The molecule has 0 aliphatic carbocycles. The molecule has 0 bridgehead atoms. The Bertz CT molecular complexity index is 1290. The number of anilines is 1. The second kappa shape index (κ2) is 9.32. The van der Waals surface area contributed by atoms with Gasteiger partial charge in [-0.3, -0.25) is 14.5 Å². The van der Waals surface area contributed by atoms with Gasteiger partial charge in [0.1, 0.15) is 23.3 Å².